The fourth-order valence-electron chi connectivity index (χ4n) is 1.75. The lowest BCUT2D eigenvalue weighted by Crippen LogP contribution is -2.13. The molecule has 0 aromatic carbocycles. The van der Waals surface area contributed by atoms with E-state index in [-0.39, 0.29) is 5.92 Å². The molecule has 0 amide bonds. The van der Waals surface area contributed by atoms with Gasteiger partial charge in [0.15, 0.2) is 0 Å². The van der Waals surface area contributed by atoms with Gasteiger partial charge in [0.25, 0.3) is 0 Å². The summed E-state index contributed by atoms with van der Waals surface area (Å²) in [6, 6.07) is 0. The van der Waals surface area contributed by atoms with E-state index in [0.29, 0.717) is 5.92 Å². The minimum absolute atomic E-state index is 0.178. The lowest BCUT2D eigenvalue weighted by atomic mass is 9.87. The van der Waals surface area contributed by atoms with Gasteiger partial charge in [-0.1, -0.05) is 33.6 Å². The molecule has 5 heteroatoms. The molecule has 96 valence electrons. The average molecular weight is 246 g/mol. The Morgan fingerprint density at radius 1 is 1.18 bits per heavy atom. The van der Waals surface area contributed by atoms with Crippen LogP contribution in [0.1, 0.15) is 50.9 Å². The van der Waals surface area contributed by atoms with Crippen LogP contribution in [0.4, 0.5) is 13.2 Å². The summed E-state index contributed by atoms with van der Waals surface area (Å²) in [6.07, 6.45) is 0.214. The van der Waals surface area contributed by atoms with E-state index >= 15 is 0 Å². The van der Waals surface area contributed by atoms with E-state index in [4.69, 9.17) is 0 Å². The second-order valence-electron chi connectivity index (χ2n) is 4.39. The topological polar surface area (TPSA) is 25.8 Å². The predicted octanol–water partition coefficient (Wildman–Crippen LogP) is 4.04. The van der Waals surface area contributed by atoms with Crippen LogP contribution in [0.25, 0.3) is 0 Å². The standard InChI is InChI=1S/C12H17F3N2/c1-4-5-8(2)9(3)10-6-16-11(17-7-10)12(13,14)15/h6-9H,4-5H2,1-3H3. The fourth-order valence-corrected chi connectivity index (χ4v) is 1.75. The molecule has 1 aromatic heterocycles. The van der Waals surface area contributed by atoms with E-state index in [0.717, 1.165) is 18.4 Å². The van der Waals surface area contributed by atoms with Crippen LogP contribution in [-0.4, -0.2) is 9.97 Å². The summed E-state index contributed by atoms with van der Waals surface area (Å²) in [6.45, 7) is 6.17. The molecule has 1 rings (SSSR count). The van der Waals surface area contributed by atoms with Crippen molar-refractivity contribution in [2.75, 3.05) is 0 Å². The summed E-state index contributed by atoms with van der Waals surface area (Å²) < 4.78 is 36.8. The van der Waals surface area contributed by atoms with E-state index in [1.165, 1.54) is 12.4 Å². The zero-order chi connectivity index (χ0) is 13.1. The molecule has 0 saturated carbocycles. The number of hydrogen-bond acceptors (Lipinski definition) is 2. The van der Waals surface area contributed by atoms with E-state index < -0.39 is 12.0 Å². The van der Waals surface area contributed by atoms with E-state index in [2.05, 4.69) is 23.8 Å². The molecule has 1 heterocycles. The van der Waals surface area contributed by atoms with Gasteiger partial charge in [-0.3, -0.25) is 0 Å². The maximum Gasteiger partial charge on any atom is 0.451 e. The zero-order valence-electron chi connectivity index (χ0n) is 10.3. The molecule has 0 radical (unpaired) electrons. The Labute approximate surface area is 99.3 Å². The summed E-state index contributed by atoms with van der Waals surface area (Å²) >= 11 is 0. The van der Waals surface area contributed by atoms with Gasteiger partial charge in [-0.2, -0.15) is 13.2 Å². The Kier molecular flexibility index (Phi) is 4.48. The van der Waals surface area contributed by atoms with Gasteiger partial charge in [0, 0.05) is 12.4 Å². The first-order valence-corrected chi connectivity index (χ1v) is 5.75. The summed E-state index contributed by atoms with van der Waals surface area (Å²) in [5, 5.41) is 0. The summed E-state index contributed by atoms with van der Waals surface area (Å²) in [5.41, 5.74) is 0.763. The maximum absolute atomic E-state index is 12.3. The quantitative estimate of drug-likeness (QED) is 0.801. The lowest BCUT2D eigenvalue weighted by molar-refractivity contribution is -0.145. The summed E-state index contributed by atoms with van der Waals surface area (Å²) in [7, 11) is 0. The molecule has 0 fully saturated rings. The number of aromatic nitrogens is 2. The van der Waals surface area contributed by atoms with Crippen molar-refractivity contribution in [3.8, 4) is 0 Å². The second kappa shape index (κ2) is 5.47. The van der Waals surface area contributed by atoms with Gasteiger partial charge in [0.1, 0.15) is 0 Å². The first-order chi connectivity index (χ1) is 7.86. The highest BCUT2D eigenvalue weighted by molar-refractivity contribution is 5.12. The molecule has 17 heavy (non-hydrogen) atoms. The minimum atomic E-state index is -4.46. The van der Waals surface area contributed by atoms with Crippen molar-refractivity contribution < 1.29 is 13.2 Å². The first kappa shape index (κ1) is 13.9. The molecule has 0 aliphatic rings. The lowest BCUT2D eigenvalue weighted by Gasteiger charge is -2.19. The Morgan fingerprint density at radius 3 is 2.12 bits per heavy atom. The van der Waals surface area contributed by atoms with Crippen LogP contribution < -0.4 is 0 Å². The number of nitrogens with zero attached hydrogens (tertiary/aromatic N) is 2. The molecule has 0 saturated heterocycles. The second-order valence-corrected chi connectivity index (χ2v) is 4.39. The molecule has 2 atom stereocenters. The SMILES string of the molecule is CCCC(C)C(C)c1cnc(C(F)(F)F)nc1. The zero-order valence-corrected chi connectivity index (χ0v) is 10.3. The van der Waals surface area contributed by atoms with Gasteiger partial charge >= 0.3 is 6.18 Å². The number of rotatable bonds is 4. The molecule has 0 aliphatic heterocycles. The number of alkyl halides is 3. The Hall–Kier alpha value is -1.13. The van der Waals surface area contributed by atoms with Crippen molar-refractivity contribution in [1.29, 1.82) is 0 Å². The highest BCUT2D eigenvalue weighted by Gasteiger charge is 2.34. The van der Waals surface area contributed by atoms with Gasteiger partial charge < -0.3 is 0 Å². The van der Waals surface area contributed by atoms with Gasteiger partial charge in [0.2, 0.25) is 5.82 Å². The van der Waals surface area contributed by atoms with Crippen LogP contribution in [0.3, 0.4) is 0 Å². The largest absolute Gasteiger partial charge is 0.451 e. The molecule has 2 nitrogen and oxygen atoms in total. The van der Waals surface area contributed by atoms with E-state index in [9.17, 15) is 13.2 Å². The molecular formula is C12H17F3N2. The Morgan fingerprint density at radius 2 is 1.71 bits per heavy atom. The highest BCUT2D eigenvalue weighted by atomic mass is 19.4. The summed E-state index contributed by atoms with van der Waals surface area (Å²) in [4.78, 5) is 6.75. The summed E-state index contributed by atoms with van der Waals surface area (Å²) in [5.74, 6) is -0.478. The van der Waals surface area contributed by atoms with Crippen molar-refractivity contribution in [1.82, 2.24) is 9.97 Å². The first-order valence-electron chi connectivity index (χ1n) is 5.75. The number of hydrogen-bond donors (Lipinski definition) is 0. The van der Waals surface area contributed by atoms with E-state index in [1.807, 2.05) is 6.92 Å². The molecule has 0 spiro atoms. The Balaban J connectivity index is 2.80. The van der Waals surface area contributed by atoms with Crippen LogP contribution in [-0.2, 0) is 6.18 Å². The fraction of sp³-hybridized carbons (Fsp3) is 0.667. The number of halogens is 3. The maximum atomic E-state index is 12.3. The van der Waals surface area contributed by atoms with Gasteiger partial charge in [-0.15, -0.1) is 0 Å². The average Bonchev–Trinajstić information content (AvgIpc) is 2.27. The van der Waals surface area contributed by atoms with Crippen molar-refractivity contribution in [3.63, 3.8) is 0 Å². The normalized spacial score (nSPS) is 15.6. The smallest absolute Gasteiger partial charge is 0.233 e. The monoisotopic (exact) mass is 246 g/mol. The van der Waals surface area contributed by atoms with Gasteiger partial charge in [-0.25, -0.2) is 9.97 Å². The van der Waals surface area contributed by atoms with Crippen molar-refractivity contribution >= 4 is 0 Å². The Bertz CT molecular complexity index is 346. The highest BCUT2D eigenvalue weighted by Crippen LogP contribution is 2.29. The predicted molar refractivity (Wildman–Crippen MR) is 59.5 cm³/mol. The van der Waals surface area contributed by atoms with Crippen LogP contribution in [0.2, 0.25) is 0 Å². The van der Waals surface area contributed by atoms with Gasteiger partial charge in [-0.05, 0) is 17.4 Å². The van der Waals surface area contributed by atoms with Crippen LogP contribution >= 0.6 is 0 Å². The molecule has 2 unspecified atom stereocenters. The molecular weight excluding hydrogens is 229 g/mol. The van der Waals surface area contributed by atoms with Gasteiger partial charge in [0.05, 0.1) is 0 Å². The van der Waals surface area contributed by atoms with Crippen molar-refractivity contribution in [2.45, 2.75) is 45.7 Å². The van der Waals surface area contributed by atoms with Crippen molar-refractivity contribution in [2.24, 2.45) is 5.92 Å². The minimum Gasteiger partial charge on any atom is -0.233 e. The third kappa shape index (κ3) is 3.68. The third-order valence-corrected chi connectivity index (χ3v) is 3.05. The van der Waals surface area contributed by atoms with Crippen LogP contribution in [0, 0.1) is 5.92 Å². The molecule has 0 bridgehead atoms. The van der Waals surface area contributed by atoms with Crippen LogP contribution in [0.5, 0.6) is 0 Å². The van der Waals surface area contributed by atoms with Crippen LogP contribution in [0.15, 0.2) is 12.4 Å². The van der Waals surface area contributed by atoms with E-state index in [1.54, 1.807) is 0 Å². The molecule has 0 N–H and O–H groups in total. The van der Waals surface area contributed by atoms with Crippen molar-refractivity contribution in [3.05, 3.63) is 23.8 Å². The molecule has 0 aliphatic carbocycles. The molecule has 1 aromatic rings. The third-order valence-electron chi connectivity index (χ3n) is 3.05.